The van der Waals surface area contributed by atoms with E-state index >= 15 is 0 Å². The summed E-state index contributed by atoms with van der Waals surface area (Å²) >= 11 is 0. The Morgan fingerprint density at radius 3 is 2.71 bits per heavy atom. The second kappa shape index (κ2) is 6.99. The molecule has 0 amide bonds. The van der Waals surface area contributed by atoms with Crippen LogP contribution in [0.15, 0.2) is 59.4 Å². The number of aromatic nitrogens is 4. The van der Waals surface area contributed by atoms with Gasteiger partial charge in [-0.3, -0.25) is 4.79 Å². The molecule has 8 heteroatoms. The number of hydrogen-bond acceptors (Lipinski definition) is 5. The van der Waals surface area contributed by atoms with Gasteiger partial charge in [0.15, 0.2) is 5.82 Å². The van der Waals surface area contributed by atoms with Gasteiger partial charge in [0.25, 0.3) is 5.56 Å². The number of fused-ring (bicyclic) bond motifs is 1. The maximum absolute atomic E-state index is 12.4. The van der Waals surface area contributed by atoms with Gasteiger partial charge in [-0.25, -0.2) is 4.79 Å². The molecular formula is C20H16N4O4. The molecule has 2 N–H and O–H groups in total. The standard InChI is InChI=1S/C20H16N4O4/c1-12-6-5-9-15(17(12)19(26)27)28-11-14-10-16(25)24-20(21-14)22-18(23-24)13-7-3-2-4-8-13/h2-10H,11H2,1H3,(H,26,27)(H,21,22,23). The van der Waals surface area contributed by atoms with Gasteiger partial charge < -0.3 is 14.8 Å². The first-order valence-corrected chi connectivity index (χ1v) is 8.53. The summed E-state index contributed by atoms with van der Waals surface area (Å²) in [6.45, 7) is 1.69. The molecule has 0 fully saturated rings. The summed E-state index contributed by atoms with van der Waals surface area (Å²) in [5.41, 5.74) is 1.59. The van der Waals surface area contributed by atoms with Crippen LogP contribution in [0.4, 0.5) is 0 Å². The van der Waals surface area contributed by atoms with Crippen LogP contribution in [-0.2, 0) is 6.61 Å². The molecule has 0 aliphatic rings. The van der Waals surface area contributed by atoms with Crippen molar-refractivity contribution in [3.63, 3.8) is 0 Å². The van der Waals surface area contributed by atoms with Gasteiger partial charge in [0, 0.05) is 11.6 Å². The minimum absolute atomic E-state index is 0.0109. The highest BCUT2D eigenvalue weighted by Gasteiger charge is 2.15. The van der Waals surface area contributed by atoms with E-state index in [-0.39, 0.29) is 29.3 Å². The number of aromatic amines is 1. The molecule has 0 radical (unpaired) electrons. The quantitative estimate of drug-likeness (QED) is 0.554. The van der Waals surface area contributed by atoms with E-state index < -0.39 is 5.97 Å². The van der Waals surface area contributed by atoms with E-state index in [0.29, 0.717) is 17.1 Å². The van der Waals surface area contributed by atoms with Gasteiger partial charge in [-0.15, -0.1) is 5.10 Å². The monoisotopic (exact) mass is 376 g/mol. The van der Waals surface area contributed by atoms with Crippen molar-refractivity contribution in [1.29, 1.82) is 0 Å². The van der Waals surface area contributed by atoms with Gasteiger partial charge in [0.2, 0.25) is 5.78 Å². The summed E-state index contributed by atoms with van der Waals surface area (Å²) in [4.78, 5) is 31.2. The van der Waals surface area contributed by atoms with E-state index in [4.69, 9.17) is 4.74 Å². The number of nitrogens with zero attached hydrogens (tertiary/aromatic N) is 3. The minimum Gasteiger partial charge on any atom is -0.486 e. The summed E-state index contributed by atoms with van der Waals surface area (Å²) in [7, 11) is 0. The lowest BCUT2D eigenvalue weighted by molar-refractivity contribution is 0.0691. The van der Waals surface area contributed by atoms with Crippen LogP contribution in [0.2, 0.25) is 0 Å². The molecule has 0 bridgehead atoms. The van der Waals surface area contributed by atoms with Crippen LogP contribution in [0.1, 0.15) is 21.6 Å². The molecule has 2 heterocycles. The highest BCUT2D eigenvalue weighted by atomic mass is 16.5. The number of carbonyl (C=O) groups is 1. The zero-order valence-electron chi connectivity index (χ0n) is 14.9. The third-order valence-corrected chi connectivity index (χ3v) is 4.25. The van der Waals surface area contributed by atoms with E-state index in [0.717, 1.165) is 5.56 Å². The third-order valence-electron chi connectivity index (χ3n) is 4.25. The molecular weight excluding hydrogens is 360 g/mol. The van der Waals surface area contributed by atoms with E-state index in [2.05, 4.69) is 15.1 Å². The van der Waals surface area contributed by atoms with Crippen LogP contribution < -0.4 is 10.3 Å². The predicted molar refractivity (Wildman–Crippen MR) is 102 cm³/mol. The predicted octanol–water partition coefficient (Wildman–Crippen LogP) is 2.67. The lowest BCUT2D eigenvalue weighted by atomic mass is 10.1. The van der Waals surface area contributed by atoms with Crippen LogP contribution in [0.5, 0.6) is 5.75 Å². The van der Waals surface area contributed by atoms with Crippen molar-refractivity contribution in [2.24, 2.45) is 0 Å². The third kappa shape index (κ3) is 3.23. The second-order valence-electron chi connectivity index (χ2n) is 6.21. The van der Waals surface area contributed by atoms with Crippen LogP contribution in [0.3, 0.4) is 0 Å². The van der Waals surface area contributed by atoms with Crippen molar-refractivity contribution in [2.45, 2.75) is 13.5 Å². The average Bonchev–Trinajstić information content (AvgIpc) is 3.11. The van der Waals surface area contributed by atoms with Gasteiger partial charge in [-0.2, -0.15) is 9.50 Å². The second-order valence-corrected chi connectivity index (χ2v) is 6.21. The number of carboxylic acid groups (broad SMARTS) is 1. The van der Waals surface area contributed by atoms with Crippen molar-refractivity contribution in [3.05, 3.63) is 81.8 Å². The topological polar surface area (TPSA) is 110 Å². The number of H-pyrrole nitrogens is 1. The first-order chi connectivity index (χ1) is 13.5. The fourth-order valence-corrected chi connectivity index (χ4v) is 2.91. The normalized spacial score (nSPS) is 10.9. The van der Waals surface area contributed by atoms with Crippen LogP contribution >= 0.6 is 0 Å². The largest absolute Gasteiger partial charge is 0.486 e. The van der Waals surface area contributed by atoms with Crippen LogP contribution in [0, 0.1) is 6.92 Å². The highest BCUT2D eigenvalue weighted by Crippen LogP contribution is 2.23. The Hall–Kier alpha value is -3.94. The molecule has 0 aliphatic carbocycles. The van der Waals surface area contributed by atoms with E-state index in [1.54, 1.807) is 25.1 Å². The fraction of sp³-hybridized carbons (Fsp3) is 0.100. The lowest BCUT2D eigenvalue weighted by Gasteiger charge is -2.11. The molecule has 0 unspecified atom stereocenters. The molecule has 0 atom stereocenters. The number of benzene rings is 2. The Labute approximate surface area is 159 Å². The summed E-state index contributed by atoms with van der Waals surface area (Å²) in [6, 6.07) is 15.7. The maximum Gasteiger partial charge on any atom is 0.339 e. The summed E-state index contributed by atoms with van der Waals surface area (Å²) in [5, 5.41) is 13.6. The Kier molecular flexibility index (Phi) is 4.36. The Bertz CT molecular complexity index is 1230. The molecule has 2 aromatic heterocycles. The van der Waals surface area contributed by atoms with Crippen molar-refractivity contribution in [2.75, 3.05) is 0 Å². The number of hydrogen-bond donors (Lipinski definition) is 2. The van der Waals surface area contributed by atoms with Crippen molar-refractivity contribution in [3.8, 4) is 17.1 Å². The Morgan fingerprint density at radius 2 is 1.96 bits per heavy atom. The molecule has 140 valence electrons. The van der Waals surface area contributed by atoms with Crippen molar-refractivity contribution >= 4 is 11.7 Å². The molecule has 8 nitrogen and oxygen atoms in total. The molecule has 28 heavy (non-hydrogen) atoms. The average molecular weight is 376 g/mol. The van der Waals surface area contributed by atoms with Gasteiger partial charge in [0.1, 0.15) is 17.9 Å². The first kappa shape index (κ1) is 17.5. The molecule has 2 aromatic carbocycles. The molecule has 0 saturated carbocycles. The number of ether oxygens (including phenoxy) is 1. The summed E-state index contributed by atoms with van der Waals surface area (Å²) < 4.78 is 6.83. The Morgan fingerprint density at radius 1 is 1.18 bits per heavy atom. The minimum atomic E-state index is -1.07. The van der Waals surface area contributed by atoms with Gasteiger partial charge in [-0.1, -0.05) is 42.5 Å². The highest BCUT2D eigenvalue weighted by molar-refractivity contribution is 5.92. The van der Waals surface area contributed by atoms with Gasteiger partial charge in [0.05, 0.1) is 5.69 Å². The fourth-order valence-electron chi connectivity index (χ4n) is 2.91. The number of aromatic carboxylic acids is 1. The molecule has 4 aromatic rings. The molecule has 0 saturated heterocycles. The smallest absolute Gasteiger partial charge is 0.339 e. The van der Waals surface area contributed by atoms with Crippen molar-refractivity contribution < 1.29 is 14.6 Å². The van der Waals surface area contributed by atoms with E-state index in [1.807, 2.05) is 30.3 Å². The zero-order valence-corrected chi connectivity index (χ0v) is 14.9. The van der Waals surface area contributed by atoms with Crippen LogP contribution in [0.25, 0.3) is 17.2 Å². The summed E-state index contributed by atoms with van der Waals surface area (Å²) in [6.07, 6.45) is 0. The number of aryl methyl sites for hydroxylation is 1. The van der Waals surface area contributed by atoms with Gasteiger partial charge >= 0.3 is 5.97 Å². The molecule has 4 rings (SSSR count). The van der Waals surface area contributed by atoms with E-state index in [1.165, 1.54) is 10.6 Å². The van der Waals surface area contributed by atoms with Crippen LogP contribution in [-0.4, -0.2) is 30.7 Å². The number of nitrogens with one attached hydrogen (secondary N) is 1. The number of rotatable bonds is 5. The SMILES string of the molecule is Cc1cccc(OCc2cc(=O)n3nc(-c4ccccc4)nc3[nH]2)c1C(=O)O. The summed E-state index contributed by atoms with van der Waals surface area (Å²) in [5.74, 6) is -0.117. The van der Waals surface area contributed by atoms with Crippen molar-refractivity contribution in [1.82, 2.24) is 19.6 Å². The lowest BCUT2D eigenvalue weighted by Crippen LogP contribution is -2.17. The first-order valence-electron chi connectivity index (χ1n) is 8.53. The van der Waals surface area contributed by atoms with E-state index in [9.17, 15) is 14.7 Å². The molecule has 0 spiro atoms. The molecule has 0 aliphatic heterocycles. The number of carboxylic acids is 1. The maximum atomic E-state index is 12.4. The zero-order chi connectivity index (χ0) is 19.7. The Balaban J connectivity index is 1.65. The van der Waals surface area contributed by atoms with Gasteiger partial charge in [-0.05, 0) is 18.6 Å².